The number of hydrogen-bond acceptors (Lipinski definition) is 13. The molecule has 0 spiro atoms. The molecule has 17 nitrogen and oxygen atoms in total. The van der Waals surface area contributed by atoms with Crippen LogP contribution in [0.25, 0.3) is 5.52 Å². The lowest BCUT2D eigenvalue weighted by molar-refractivity contribution is -0.212. The van der Waals surface area contributed by atoms with E-state index < -0.39 is 53.6 Å². The summed E-state index contributed by atoms with van der Waals surface area (Å²) in [6, 6.07) is 4.83. The molecule has 33 heavy (non-hydrogen) atoms. The zero-order chi connectivity index (χ0) is 24.8. The summed E-state index contributed by atoms with van der Waals surface area (Å²) in [5.74, 6) is -1.10. The number of phosphoric acid groups is 3. The van der Waals surface area contributed by atoms with Crippen LogP contribution in [0.2, 0.25) is 0 Å². The lowest BCUT2D eigenvalue weighted by Gasteiger charge is -2.25. The number of phosphoric ester groups is 1. The number of fused-ring (bicyclic) bond motifs is 1. The summed E-state index contributed by atoms with van der Waals surface area (Å²) < 4.78 is 46.7. The zero-order valence-electron chi connectivity index (χ0n) is 16.2. The Bertz CT molecular complexity index is 1240. The van der Waals surface area contributed by atoms with E-state index in [-0.39, 0.29) is 17.9 Å². The van der Waals surface area contributed by atoms with Crippen LogP contribution in [0.15, 0.2) is 18.5 Å². The van der Waals surface area contributed by atoms with Gasteiger partial charge in [-0.2, -0.15) is 14.7 Å². The average molecular weight is 528 g/mol. The van der Waals surface area contributed by atoms with Crippen molar-refractivity contribution in [2.75, 3.05) is 12.3 Å². The molecule has 0 bridgehead atoms. The third-order valence-electron chi connectivity index (χ3n) is 4.90. The Morgan fingerprint density at radius 3 is 2.52 bits per heavy atom. The molecule has 7 atom stereocenters. The molecule has 2 aromatic rings. The zero-order valence-corrected chi connectivity index (χ0v) is 18.9. The number of nitrogen functional groups attached to an aromatic ring is 1. The normalized spacial score (nSPS) is 30.9. The predicted molar refractivity (Wildman–Crippen MR) is 102 cm³/mol. The van der Waals surface area contributed by atoms with Crippen molar-refractivity contribution in [1.29, 1.82) is 5.26 Å². The molecule has 4 unspecified atom stereocenters. The fourth-order valence-corrected chi connectivity index (χ4v) is 6.61. The van der Waals surface area contributed by atoms with Crippen molar-refractivity contribution >= 4 is 34.8 Å². The largest absolute Gasteiger partial charge is 0.756 e. The van der Waals surface area contributed by atoms with Crippen molar-refractivity contribution in [1.82, 2.24) is 14.6 Å². The molecule has 0 radical (unpaired) electrons. The maximum Gasteiger partial charge on any atom is 0.487 e. The van der Waals surface area contributed by atoms with Gasteiger partial charge in [-0.3, -0.25) is 9.09 Å². The standard InChI is InChI=1S/C13H18N5O12P3/c14-5-13(9-2-1-8-12(15)16-6-17-18(8)9)3-7(10(19)11(13)20)4-28-32(24,25)30-33(26,27)29-31(21,22)23/h1-2,6-7,10-11,19-20H,3-4H2,(H,24,25)(H,26,27)(H2,15,16,17)(H2,21,22,23)/p-1/t7-,10+,11?,13-/m1/s1. The molecular formula is C13H17N5O12P3-. The van der Waals surface area contributed by atoms with Crippen molar-refractivity contribution in [2.45, 2.75) is 24.0 Å². The summed E-state index contributed by atoms with van der Waals surface area (Å²) in [5.41, 5.74) is 4.43. The van der Waals surface area contributed by atoms with Gasteiger partial charge in [0.25, 0.3) is 7.82 Å². The number of nitriles is 1. The van der Waals surface area contributed by atoms with Crippen LogP contribution in [0.3, 0.4) is 0 Å². The van der Waals surface area contributed by atoms with E-state index in [1.165, 1.54) is 16.6 Å². The summed E-state index contributed by atoms with van der Waals surface area (Å²) in [6.45, 7) is -0.885. The first-order chi connectivity index (χ1) is 15.1. The van der Waals surface area contributed by atoms with Gasteiger partial charge in [-0.1, -0.05) is 0 Å². The molecule has 182 valence electrons. The van der Waals surface area contributed by atoms with Gasteiger partial charge in [0, 0.05) is 5.92 Å². The summed E-state index contributed by atoms with van der Waals surface area (Å²) in [6.07, 6.45) is -2.62. The molecule has 1 saturated carbocycles. The average Bonchev–Trinajstić information content (AvgIpc) is 3.20. The van der Waals surface area contributed by atoms with Gasteiger partial charge in [-0.15, -0.1) is 0 Å². The van der Waals surface area contributed by atoms with Gasteiger partial charge in [0.2, 0.25) is 0 Å². The molecule has 20 heteroatoms. The minimum absolute atomic E-state index is 0.0804. The Labute approximate surface area is 184 Å². The molecule has 7 N–H and O–H groups in total. The summed E-state index contributed by atoms with van der Waals surface area (Å²) in [7, 11) is -17.1. The minimum Gasteiger partial charge on any atom is -0.756 e. The Morgan fingerprint density at radius 2 is 1.91 bits per heavy atom. The fourth-order valence-electron chi connectivity index (χ4n) is 3.57. The fraction of sp³-hybridized carbons (Fsp3) is 0.462. The topological polar surface area (TPSA) is 283 Å². The number of nitrogens with zero attached hydrogens (tertiary/aromatic N) is 4. The smallest absolute Gasteiger partial charge is 0.487 e. The van der Waals surface area contributed by atoms with Crippen molar-refractivity contribution in [3.63, 3.8) is 0 Å². The van der Waals surface area contributed by atoms with E-state index in [0.29, 0.717) is 5.52 Å². The Balaban J connectivity index is 1.80. The summed E-state index contributed by atoms with van der Waals surface area (Å²) >= 11 is 0. The van der Waals surface area contributed by atoms with E-state index in [2.05, 4.69) is 23.2 Å². The molecule has 3 rings (SSSR count). The first-order valence-electron chi connectivity index (χ1n) is 8.73. The first-order valence-corrected chi connectivity index (χ1v) is 13.2. The van der Waals surface area contributed by atoms with Crippen LogP contribution in [0, 0.1) is 17.2 Å². The van der Waals surface area contributed by atoms with Crippen LogP contribution in [-0.4, -0.2) is 58.3 Å². The van der Waals surface area contributed by atoms with Gasteiger partial charge in [0.05, 0.1) is 24.5 Å². The van der Waals surface area contributed by atoms with Crippen molar-refractivity contribution in [3.8, 4) is 6.07 Å². The molecule has 0 amide bonds. The van der Waals surface area contributed by atoms with Crippen molar-refractivity contribution in [3.05, 3.63) is 24.2 Å². The molecule has 0 aromatic carbocycles. The number of anilines is 1. The Morgan fingerprint density at radius 1 is 1.24 bits per heavy atom. The second-order valence-corrected chi connectivity index (χ2v) is 11.4. The molecule has 1 aliphatic carbocycles. The van der Waals surface area contributed by atoms with E-state index in [4.69, 9.17) is 15.5 Å². The van der Waals surface area contributed by atoms with Crippen molar-refractivity contribution < 1.29 is 56.6 Å². The second kappa shape index (κ2) is 8.79. The van der Waals surface area contributed by atoms with Gasteiger partial charge in [0.1, 0.15) is 23.4 Å². The minimum atomic E-state index is -5.81. The van der Waals surface area contributed by atoms with Gasteiger partial charge in [-0.25, -0.2) is 22.9 Å². The number of nitrogens with two attached hydrogens (primary N) is 1. The quantitative estimate of drug-likeness (QED) is 0.213. The Hall–Kier alpha value is -1.76. The number of aromatic nitrogens is 3. The van der Waals surface area contributed by atoms with Crippen LogP contribution < -0.4 is 10.6 Å². The number of rotatable bonds is 8. The highest BCUT2D eigenvalue weighted by molar-refractivity contribution is 7.66. The van der Waals surface area contributed by atoms with Crippen molar-refractivity contribution in [2.24, 2.45) is 5.92 Å². The van der Waals surface area contributed by atoms with Gasteiger partial charge < -0.3 is 35.5 Å². The highest BCUT2D eigenvalue weighted by Gasteiger charge is 2.56. The van der Waals surface area contributed by atoms with E-state index in [9.17, 15) is 39.0 Å². The Kier molecular flexibility index (Phi) is 6.89. The van der Waals surface area contributed by atoms with Crippen LogP contribution in [-0.2, 0) is 32.3 Å². The molecule has 1 aliphatic rings. The molecule has 2 heterocycles. The van der Waals surface area contributed by atoms with Gasteiger partial charge >= 0.3 is 15.6 Å². The van der Waals surface area contributed by atoms with Crippen LogP contribution in [0.1, 0.15) is 12.1 Å². The molecule has 2 aromatic heterocycles. The van der Waals surface area contributed by atoms with Crippen LogP contribution >= 0.6 is 23.5 Å². The molecule has 1 fully saturated rings. The maximum atomic E-state index is 11.9. The third kappa shape index (κ3) is 5.33. The van der Waals surface area contributed by atoms with Crippen LogP contribution in [0.4, 0.5) is 5.82 Å². The highest BCUT2D eigenvalue weighted by atomic mass is 31.3. The number of aliphatic hydroxyl groups is 2. The number of aliphatic hydroxyl groups excluding tert-OH is 2. The predicted octanol–water partition coefficient (Wildman–Crippen LogP) is -1.47. The highest BCUT2D eigenvalue weighted by Crippen LogP contribution is 2.65. The molecule has 0 saturated heterocycles. The first kappa shape index (κ1) is 25.9. The van der Waals surface area contributed by atoms with Gasteiger partial charge in [-0.05, 0) is 18.6 Å². The lowest BCUT2D eigenvalue weighted by atomic mass is 9.81. The summed E-state index contributed by atoms with van der Waals surface area (Å²) in [4.78, 5) is 41.5. The number of hydrogen-bond donors (Lipinski definition) is 6. The SMILES string of the molecule is N#C[C@@]1(c2ccc3c(N)ncnn23)C[C@H](COP(=O)(O)OP(=O)(O)OP(=O)([O-])O)[C@H](O)C1O. The van der Waals surface area contributed by atoms with Crippen LogP contribution in [0.5, 0.6) is 0 Å². The third-order valence-corrected chi connectivity index (χ3v) is 8.68. The molecule has 0 aliphatic heterocycles. The van der Waals surface area contributed by atoms with E-state index in [1.807, 2.05) is 6.07 Å². The monoisotopic (exact) mass is 528 g/mol. The van der Waals surface area contributed by atoms with Gasteiger partial charge in [0.15, 0.2) is 5.82 Å². The van der Waals surface area contributed by atoms with E-state index in [0.717, 1.165) is 6.33 Å². The summed E-state index contributed by atoms with van der Waals surface area (Å²) in [5, 5.41) is 34.9. The van der Waals surface area contributed by atoms with E-state index in [1.54, 1.807) is 0 Å². The maximum absolute atomic E-state index is 11.9. The second-order valence-electron chi connectivity index (χ2n) is 7.01. The molecular weight excluding hydrogens is 511 g/mol. The lowest BCUT2D eigenvalue weighted by Crippen LogP contribution is -2.40. The van der Waals surface area contributed by atoms with E-state index >= 15 is 0 Å².